The van der Waals surface area contributed by atoms with Gasteiger partial charge in [-0.25, -0.2) is 0 Å². The number of aliphatic hydroxyl groups is 2. The van der Waals surface area contributed by atoms with Crippen LogP contribution in [0.25, 0.3) is 0 Å². The third-order valence-corrected chi connectivity index (χ3v) is 12.8. The minimum atomic E-state index is -1.69. The highest BCUT2D eigenvalue weighted by Crippen LogP contribution is 2.09. The molecule has 0 aromatic heterocycles. The number of carbonyl (C=O) groups excluding carboxylic acids is 11. The van der Waals surface area contributed by atoms with Crippen molar-refractivity contribution in [1.29, 1.82) is 0 Å². The van der Waals surface area contributed by atoms with Crippen molar-refractivity contribution in [3.63, 3.8) is 0 Å². The fourth-order valence-electron chi connectivity index (χ4n) is 8.32. The summed E-state index contributed by atoms with van der Waals surface area (Å²) in [6.45, 7) is 2.60. The summed E-state index contributed by atoms with van der Waals surface area (Å²) in [5.74, 6) is -9.82. The zero-order chi connectivity index (χ0) is 59.7. The topological polar surface area (TPSA) is 491 Å². The monoisotopic (exact) mass is 1170 g/mol. The molecule has 1 aromatic rings. The molecule has 2 rings (SSSR count). The van der Waals surface area contributed by atoms with Gasteiger partial charge < -0.3 is 97.4 Å². The number of benzene rings is 1. The molecule has 1 saturated heterocycles. The van der Waals surface area contributed by atoms with Crippen LogP contribution in [0.1, 0.15) is 103 Å². The maximum atomic E-state index is 14.4. The number of unbranched alkanes of at least 4 members (excludes halogenated alkanes) is 4. The maximum Gasteiger partial charge on any atom is 0.245 e. The molecule has 0 bridgehead atoms. The average Bonchev–Trinajstić information content (AvgIpc) is 3.41. The predicted molar refractivity (Wildman–Crippen MR) is 301 cm³/mol. The first-order valence-electron chi connectivity index (χ1n) is 27.3. The van der Waals surface area contributed by atoms with Gasteiger partial charge in [0.15, 0.2) is 0 Å². The third kappa shape index (κ3) is 26.7. The molecule has 1 aromatic carbocycles. The summed E-state index contributed by atoms with van der Waals surface area (Å²) in [7, 11) is 0. The lowest BCUT2D eigenvalue weighted by atomic mass is 10.0. The minimum Gasteiger partial charge on any atom is -0.391 e. The van der Waals surface area contributed by atoms with E-state index in [1.54, 1.807) is 30.3 Å². The van der Waals surface area contributed by atoms with Crippen LogP contribution in [0.4, 0.5) is 0 Å². The van der Waals surface area contributed by atoms with E-state index in [1.165, 1.54) is 13.8 Å². The van der Waals surface area contributed by atoms with Gasteiger partial charge in [0.1, 0.15) is 54.4 Å². The fourth-order valence-corrected chi connectivity index (χ4v) is 8.32. The van der Waals surface area contributed by atoms with Crippen LogP contribution in [-0.2, 0) is 59.2 Å². The minimum absolute atomic E-state index is 0. The Morgan fingerprint density at radius 1 is 0.593 bits per heavy atom. The van der Waals surface area contributed by atoms with E-state index >= 15 is 0 Å². The van der Waals surface area contributed by atoms with Gasteiger partial charge in [-0.3, -0.25) is 52.7 Å². The van der Waals surface area contributed by atoms with Crippen molar-refractivity contribution in [1.82, 2.24) is 58.5 Å². The van der Waals surface area contributed by atoms with E-state index in [0.29, 0.717) is 12.0 Å². The first kappa shape index (κ1) is 72.4. The molecule has 0 radical (unpaired) electrons. The van der Waals surface area contributed by atoms with E-state index in [9.17, 15) is 63.0 Å². The van der Waals surface area contributed by atoms with Gasteiger partial charge >= 0.3 is 0 Å². The van der Waals surface area contributed by atoms with E-state index in [2.05, 4.69) is 65.4 Å². The van der Waals surface area contributed by atoms with Crippen LogP contribution < -0.4 is 87.2 Å². The second kappa shape index (κ2) is 39.7. The number of nitrogens with two attached hydrogens (primary N) is 5. The Morgan fingerprint density at radius 2 is 1.12 bits per heavy atom. The van der Waals surface area contributed by atoms with E-state index in [0.717, 1.165) is 25.7 Å². The van der Waals surface area contributed by atoms with Crippen LogP contribution in [0.5, 0.6) is 0 Å². The van der Waals surface area contributed by atoms with Crippen molar-refractivity contribution in [3.05, 3.63) is 35.9 Å². The number of rotatable bonds is 27. The van der Waals surface area contributed by atoms with Gasteiger partial charge in [0.25, 0.3) is 0 Å². The second-order valence-corrected chi connectivity index (χ2v) is 19.5. The molecule has 11 atom stereocenters. The van der Waals surface area contributed by atoms with Gasteiger partial charge in [-0.15, -0.1) is 12.4 Å². The molecule has 0 spiro atoms. The molecule has 1 aliphatic heterocycles. The van der Waals surface area contributed by atoms with Crippen LogP contribution in [0, 0.1) is 0 Å². The summed E-state index contributed by atoms with van der Waals surface area (Å²) in [5.41, 5.74) is 29.6. The highest BCUT2D eigenvalue weighted by molar-refractivity contribution is 5.99. The number of carbonyl (C=O) groups is 11. The molecule has 11 amide bonds. The van der Waals surface area contributed by atoms with Crippen molar-refractivity contribution in [2.24, 2.45) is 28.7 Å². The Morgan fingerprint density at radius 3 is 1.67 bits per heavy atom. The van der Waals surface area contributed by atoms with E-state index in [1.807, 2.05) is 0 Å². The molecule has 458 valence electrons. The highest BCUT2D eigenvalue weighted by Gasteiger charge is 2.36. The molecule has 29 nitrogen and oxygen atoms in total. The molecular formula is C51H89ClN16O13. The molecule has 1 fully saturated rings. The molecule has 81 heavy (non-hydrogen) atoms. The Labute approximate surface area is 478 Å². The maximum absolute atomic E-state index is 14.4. The molecule has 30 heteroatoms. The van der Waals surface area contributed by atoms with Crippen LogP contribution in [0.15, 0.2) is 30.3 Å². The smallest absolute Gasteiger partial charge is 0.245 e. The number of hydrogen-bond donors (Lipinski definition) is 18. The van der Waals surface area contributed by atoms with Crippen LogP contribution in [0.2, 0.25) is 0 Å². The normalized spacial score (nSPS) is 21.9. The number of nitrogens with one attached hydrogen (secondary N) is 11. The number of amides is 11. The van der Waals surface area contributed by atoms with Gasteiger partial charge in [-0.2, -0.15) is 0 Å². The first-order chi connectivity index (χ1) is 38.1. The van der Waals surface area contributed by atoms with Crippen LogP contribution in [-0.4, -0.2) is 188 Å². The highest BCUT2D eigenvalue weighted by atomic mass is 35.5. The Hall–Kier alpha value is -6.60. The van der Waals surface area contributed by atoms with Gasteiger partial charge in [0, 0.05) is 19.4 Å². The molecular weight excluding hydrogens is 1080 g/mol. The SMILES string of the molecule is CCCCCCCC(=O)N[C@@H](CCN)C(=O)N[C@H](C(=O)N[C@@H](CCN)C(=O)N[C@H]1CCNC(=O)[C@H]([C@@H](C)O)NC(=O)[C@H](CCN)NC(=O)[C@H](CCN)NC(=O)CNC(=O)[C@@H](Cc2ccccc2)NC(=O)[C@H](CCN)NC1=O)[C@@H](C)O.Cl. The van der Waals surface area contributed by atoms with Crippen molar-refractivity contribution < 1.29 is 63.0 Å². The zero-order valence-corrected chi connectivity index (χ0v) is 47.4. The molecule has 1 aliphatic rings. The molecule has 0 unspecified atom stereocenters. The van der Waals surface area contributed by atoms with Gasteiger partial charge in [0.05, 0.1) is 18.8 Å². The number of hydrogen-bond acceptors (Lipinski definition) is 18. The van der Waals surface area contributed by atoms with E-state index < -0.39 is 151 Å². The summed E-state index contributed by atoms with van der Waals surface area (Å²) in [6.07, 6.45) is 0.0254. The average molecular weight is 1170 g/mol. The number of halogens is 1. The third-order valence-electron chi connectivity index (χ3n) is 12.8. The van der Waals surface area contributed by atoms with Crippen molar-refractivity contribution in [2.75, 3.05) is 45.8 Å². The lowest BCUT2D eigenvalue weighted by molar-refractivity contribution is -0.137. The summed E-state index contributed by atoms with van der Waals surface area (Å²) in [4.78, 5) is 151. The summed E-state index contributed by atoms with van der Waals surface area (Å²) in [6, 6.07) is -4.90. The molecule has 0 aliphatic carbocycles. The van der Waals surface area contributed by atoms with Crippen molar-refractivity contribution >= 4 is 77.4 Å². The quantitative estimate of drug-likeness (QED) is 0.0364. The second-order valence-electron chi connectivity index (χ2n) is 19.5. The molecule has 23 N–H and O–H groups in total. The van der Waals surface area contributed by atoms with E-state index in [-0.39, 0.29) is 90.1 Å². The Bertz CT molecular complexity index is 2180. The fraction of sp³-hybridized carbons (Fsp3) is 0.667. The lowest BCUT2D eigenvalue weighted by Gasteiger charge is -2.28. The van der Waals surface area contributed by atoms with Crippen molar-refractivity contribution in [2.45, 2.75) is 171 Å². The summed E-state index contributed by atoms with van der Waals surface area (Å²) >= 11 is 0. The van der Waals surface area contributed by atoms with Crippen LogP contribution in [0.3, 0.4) is 0 Å². The van der Waals surface area contributed by atoms with Gasteiger partial charge in [0.2, 0.25) is 65.0 Å². The predicted octanol–water partition coefficient (Wildman–Crippen LogP) is -6.48. The van der Waals surface area contributed by atoms with Crippen LogP contribution >= 0.6 is 12.4 Å². The standard InChI is InChI=1S/C51H88N16O13.ClH/c1-4-5-6-7-11-14-39(70)59-33(16-22-53)48(77)67-42(30(3)69)51(80)64-35(18-24-55)45(74)63-37-20-26-57-50(79)41(29(2)68)66-49(78)36(19-25-56)62-44(73)32(15-21-52)60-40(71)28-58-43(72)38(27-31-12-9-8-10-13-31)65-46(75)34(17-23-54)61-47(37)76;/h8-10,12-13,29-30,32-38,41-42,68-69H,4-7,11,14-28,52-56H2,1-3H3,(H,57,79)(H,58,72)(H,59,70)(H,60,71)(H,61,76)(H,62,73)(H,63,74)(H,64,80)(H,65,75)(H,66,78)(H,67,77);1H/t29-,30-,32+,33+,34+,35+,36+,37+,38-,41+,42+;/m1./s1. The summed E-state index contributed by atoms with van der Waals surface area (Å²) in [5, 5.41) is 48.8. The lowest BCUT2D eigenvalue weighted by Crippen LogP contribution is -2.62. The Kier molecular flexibility index (Phi) is 35.5. The zero-order valence-electron chi connectivity index (χ0n) is 46.6. The Balaban J connectivity index is 0.0000328. The number of aliphatic hydroxyl groups excluding tert-OH is 2. The molecule has 0 saturated carbocycles. The van der Waals surface area contributed by atoms with Gasteiger partial charge in [-0.05, 0) is 97.1 Å². The first-order valence-corrected chi connectivity index (χ1v) is 27.3. The molecule has 1 heterocycles. The largest absolute Gasteiger partial charge is 0.391 e. The van der Waals surface area contributed by atoms with Crippen molar-refractivity contribution in [3.8, 4) is 0 Å². The summed E-state index contributed by atoms with van der Waals surface area (Å²) < 4.78 is 0. The van der Waals surface area contributed by atoms with E-state index in [4.69, 9.17) is 28.7 Å². The van der Waals surface area contributed by atoms with Gasteiger partial charge in [-0.1, -0.05) is 62.9 Å².